The molecule has 0 unspecified atom stereocenters. The Kier molecular flexibility index (Phi) is 6.19. The fourth-order valence-electron chi connectivity index (χ4n) is 4.59. The molecule has 4 atom stereocenters. The number of aliphatic hydroxyl groups excluding tert-OH is 2. The van der Waals surface area contributed by atoms with Crippen LogP contribution in [0.5, 0.6) is 0 Å². The molecule has 1 saturated heterocycles. The predicted octanol–water partition coefficient (Wildman–Crippen LogP) is 0.988. The lowest BCUT2D eigenvalue weighted by Gasteiger charge is -2.25. The minimum atomic E-state index is -1.35. The smallest absolute Gasteiger partial charge is 0.286 e. The highest BCUT2D eigenvalue weighted by Crippen LogP contribution is 2.36. The Labute approximate surface area is 200 Å². The van der Waals surface area contributed by atoms with Gasteiger partial charge in [-0.3, -0.25) is 19.0 Å². The van der Waals surface area contributed by atoms with Crippen molar-refractivity contribution < 1.29 is 29.4 Å². The molecule has 2 aromatic heterocycles. The third kappa shape index (κ3) is 3.84. The van der Waals surface area contributed by atoms with Crippen molar-refractivity contribution in [3.63, 3.8) is 0 Å². The maximum absolute atomic E-state index is 13.3. The van der Waals surface area contributed by atoms with Crippen molar-refractivity contribution in [1.29, 1.82) is 0 Å². The van der Waals surface area contributed by atoms with Crippen LogP contribution >= 0.6 is 0 Å². The molecular formula is C23H26N6O6. The van der Waals surface area contributed by atoms with Gasteiger partial charge >= 0.3 is 0 Å². The van der Waals surface area contributed by atoms with E-state index in [9.17, 15) is 19.8 Å². The van der Waals surface area contributed by atoms with Crippen LogP contribution in [0, 0.1) is 0 Å². The Bertz CT molecular complexity index is 1280. The zero-order valence-electron chi connectivity index (χ0n) is 19.1. The SMILES string of the molecule is CCCCCc1cccc2c1C(=O)N(O[C@@H]1[C@H](O)[C@@H](CO)O[C@H]1n1cnc3c(N)ncnc31)C2=O. The molecule has 0 spiro atoms. The number of anilines is 1. The van der Waals surface area contributed by atoms with Gasteiger partial charge < -0.3 is 20.7 Å². The average Bonchev–Trinajstić information content (AvgIpc) is 3.49. The Morgan fingerprint density at radius 3 is 2.77 bits per heavy atom. The summed E-state index contributed by atoms with van der Waals surface area (Å²) in [6.45, 7) is 1.58. The van der Waals surface area contributed by atoms with Crippen LogP contribution in [0.3, 0.4) is 0 Å². The van der Waals surface area contributed by atoms with E-state index in [4.69, 9.17) is 15.3 Å². The number of amides is 2. The van der Waals surface area contributed by atoms with E-state index in [2.05, 4.69) is 21.9 Å². The van der Waals surface area contributed by atoms with E-state index in [0.29, 0.717) is 28.2 Å². The fourth-order valence-corrected chi connectivity index (χ4v) is 4.59. The Balaban J connectivity index is 1.46. The number of carbonyl (C=O) groups is 2. The first-order valence-corrected chi connectivity index (χ1v) is 11.5. The predicted molar refractivity (Wildman–Crippen MR) is 122 cm³/mol. The van der Waals surface area contributed by atoms with Crippen molar-refractivity contribution in [1.82, 2.24) is 24.6 Å². The van der Waals surface area contributed by atoms with Gasteiger partial charge in [-0.1, -0.05) is 31.9 Å². The number of carbonyl (C=O) groups excluding carboxylic acids is 2. The summed E-state index contributed by atoms with van der Waals surface area (Å²) in [7, 11) is 0. The number of ether oxygens (including phenoxy) is 1. The number of hydroxylamine groups is 2. The number of rotatable bonds is 8. The second-order valence-corrected chi connectivity index (χ2v) is 8.59. The summed E-state index contributed by atoms with van der Waals surface area (Å²) in [5, 5.41) is 21.2. The summed E-state index contributed by atoms with van der Waals surface area (Å²) in [6, 6.07) is 5.17. The number of unbranched alkanes of at least 4 members (excludes halogenated alkanes) is 2. The van der Waals surface area contributed by atoms with Gasteiger partial charge in [-0.25, -0.2) is 15.0 Å². The van der Waals surface area contributed by atoms with E-state index in [1.165, 1.54) is 17.2 Å². The molecule has 2 aliphatic rings. The number of aliphatic hydroxyl groups is 2. The van der Waals surface area contributed by atoms with Gasteiger partial charge in [-0.2, -0.15) is 0 Å². The van der Waals surface area contributed by atoms with Crippen molar-refractivity contribution in [3.8, 4) is 0 Å². The average molecular weight is 482 g/mol. The molecule has 184 valence electrons. The maximum atomic E-state index is 13.3. The van der Waals surface area contributed by atoms with Crippen molar-refractivity contribution in [2.75, 3.05) is 12.3 Å². The lowest BCUT2D eigenvalue weighted by Crippen LogP contribution is -2.43. The highest BCUT2D eigenvalue weighted by atomic mass is 16.7. The zero-order chi connectivity index (χ0) is 24.7. The second-order valence-electron chi connectivity index (χ2n) is 8.59. The van der Waals surface area contributed by atoms with E-state index in [1.54, 1.807) is 12.1 Å². The zero-order valence-corrected chi connectivity index (χ0v) is 19.1. The van der Waals surface area contributed by atoms with Gasteiger partial charge in [0.1, 0.15) is 24.1 Å². The van der Waals surface area contributed by atoms with E-state index >= 15 is 0 Å². The van der Waals surface area contributed by atoms with Crippen LogP contribution in [0.4, 0.5) is 5.82 Å². The molecule has 0 radical (unpaired) electrons. The number of hydrogen-bond acceptors (Lipinski definition) is 10. The summed E-state index contributed by atoms with van der Waals surface area (Å²) in [5.41, 5.74) is 7.84. The summed E-state index contributed by atoms with van der Waals surface area (Å²) in [5.74, 6) is -1.07. The summed E-state index contributed by atoms with van der Waals surface area (Å²) < 4.78 is 7.29. The second kappa shape index (κ2) is 9.30. The van der Waals surface area contributed by atoms with Gasteiger partial charge in [0.25, 0.3) is 11.8 Å². The molecule has 1 fully saturated rings. The summed E-state index contributed by atoms with van der Waals surface area (Å²) in [6.07, 6.45) is 1.57. The Morgan fingerprint density at radius 1 is 1.17 bits per heavy atom. The van der Waals surface area contributed by atoms with Crippen LogP contribution in [0.15, 0.2) is 30.9 Å². The van der Waals surface area contributed by atoms with Crippen LogP contribution in [0.25, 0.3) is 11.2 Å². The van der Waals surface area contributed by atoms with E-state index in [0.717, 1.165) is 24.8 Å². The first kappa shape index (κ1) is 23.3. The molecule has 0 saturated carbocycles. The Morgan fingerprint density at radius 2 is 2.00 bits per heavy atom. The minimum Gasteiger partial charge on any atom is -0.394 e. The minimum absolute atomic E-state index is 0.152. The normalized spacial score (nSPS) is 24.0. The van der Waals surface area contributed by atoms with Crippen LogP contribution in [0.1, 0.15) is 58.7 Å². The monoisotopic (exact) mass is 482 g/mol. The topological polar surface area (TPSA) is 166 Å². The van der Waals surface area contributed by atoms with Gasteiger partial charge in [0.15, 0.2) is 23.8 Å². The van der Waals surface area contributed by atoms with Gasteiger partial charge in [0.05, 0.1) is 24.1 Å². The molecule has 12 heteroatoms. The third-order valence-electron chi connectivity index (χ3n) is 6.39. The Hall–Kier alpha value is -3.45. The highest BCUT2D eigenvalue weighted by Gasteiger charge is 2.50. The fraction of sp³-hybridized carbons (Fsp3) is 0.435. The maximum Gasteiger partial charge on any atom is 0.286 e. The summed E-state index contributed by atoms with van der Waals surface area (Å²) in [4.78, 5) is 44.6. The molecule has 0 bridgehead atoms. The number of nitrogens with two attached hydrogens (primary N) is 1. The van der Waals surface area contributed by atoms with Crippen LogP contribution < -0.4 is 5.73 Å². The lowest BCUT2D eigenvalue weighted by molar-refractivity contribution is -0.177. The number of aromatic nitrogens is 4. The molecule has 4 heterocycles. The molecule has 3 aromatic rings. The number of imide groups is 1. The van der Waals surface area contributed by atoms with Crippen molar-refractivity contribution in [2.45, 2.75) is 57.1 Å². The highest BCUT2D eigenvalue weighted by molar-refractivity contribution is 6.21. The first-order valence-electron chi connectivity index (χ1n) is 11.5. The molecule has 5 rings (SSSR count). The van der Waals surface area contributed by atoms with Gasteiger partial charge in [0, 0.05) is 0 Å². The molecule has 2 aliphatic heterocycles. The van der Waals surface area contributed by atoms with Crippen LogP contribution in [-0.2, 0) is 16.0 Å². The van der Waals surface area contributed by atoms with Gasteiger partial charge in [-0.15, -0.1) is 5.06 Å². The molecule has 2 amide bonds. The number of fused-ring (bicyclic) bond motifs is 2. The van der Waals surface area contributed by atoms with Gasteiger partial charge in [-0.05, 0) is 24.5 Å². The van der Waals surface area contributed by atoms with E-state index in [1.807, 2.05) is 6.07 Å². The van der Waals surface area contributed by atoms with Gasteiger partial charge in [0.2, 0.25) is 0 Å². The molecule has 0 aliphatic carbocycles. The lowest BCUT2D eigenvalue weighted by atomic mass is 9.98. The summed E-state index contributed by atoms with van der Waals surface area (Å²) >= 11 is 0. The molecule has 12 nitrogen and oxygen atoms in total. The first-order chi connectivity index (χ1) is 17.0. The van der Waals surface area contributed by atoms with E-state index < -0.39 is 43.0 Å². The number of hydrogen-bond donors (Lipinski definition) is 3. The number of benzene rings is 1. The number of nitrogens with zero attached hydrogens (tertiary/aromatic N) is 5. The quantitative estimate of drug-likeness (QED) is 0.311. The van der Waals surface area contributed by atoms with E-state index in [-0.39, 0.29) is 11.4 Å². The van der Waals surface area contributed by atoms with Crippen LogP contribution in [0.2, 0.25) is 0 Å². The largest absolute Gasteiger partial charge is 0.394 e. The third-order valence-corrected chi connectivity index (χ3v) is 6.39. The number of aryl methyl sites for hydroxylation is 1. The molecule has 35 heavy (non-hydrogen) atoms. The number of imidazole rings is 1. The van der Waals surface area contributed by atoms with Crippen molar-refractivity contribution >= 4 is 28.8 Å². The molecule has 1 aromatic carbocycles. The van der Waals surface area contributed by atoms with Crippen molar-refractivity contribution in [3.05, 3.63) is 47.5 Å². The van der Waals surface area contributed by atoms with Crippen LogP contribution in [-0.4, -0.2) is 71.5 Å². The number of nitrogen functional groups attached to an aromatic ring is 1. The molecule has 4 N–H and O–H groups in total. The van der Waals surface area contributed by atoms with Crippen molar-refractivity contribution in [2.24, 2.45) is 0 Å². The standard InChI is InChI=1S/C23H26N6O6/c1-2-3-4-6-12-7-5-8-13-15(12)22(33)29(21(13)32)35-18-17(31)14(9-30)34-23(18)28-11-27-16-19(24)25-10-26-20(16)28/h5,7-8,10-11,14,17-18,23,30-31H,2-4,6,9H2,1H3,(H2,24,25,26)/t14-,17-,18-,23-/m1/s1. The molecular weight excluding hydrogens is 456 g/mol.